The lowest BCUT2D eigenvalue weighted by molar-refractivity contribution is 0.912. The van der Waals surface area contributed by atoms with Crippen molar-refractivity contribution in [3.63, 3.8) is 0 Å². The second kappa shape index (κ2) is 2.94. The van der Waals surface area contributed by atoms with E-state index in [1.807, 2.05) is 0 Å². The van der Waals surface area contributed by atoms with E-state index in [0.29, 0.717) is 5.88 Å². The maximum absolute atomic E-state index is 5.40. The number of nitrogens with zero attached hydrogens (tertiary/aromatic N) is 3. The quantitative estimate of drug-likeness (QED) is 0.582. The average Bonchev–Trinajstić information content (AvgIpc) is 2.19. The molecule has 0 saturated carbocycles. The molecule has 5 heteroatoms. The van der Waals surface area contributed by atoms with Crippen LogP contribution >= 0.6 is 23.1 Å². The zero-order valence-corrected chi connectivity index (χ0v) is 5.61. The van der Waals surface area contributed by atoms with Gasteiger partial charge in [-0.3, -0.25) is 0 Å². The van der Waals surface area contributed by atoms with Gasteiger partial charge in [0.05, 0.1) is 0 Å². The molecule has 0 aromatic carbocycles. The average molecular weight is 150 g/mol. The monoisotopic (exact) mass is 149 g/mol. The summed E-state index contributed by atoms with van der Waals surface area (Å²) in [4.78, 5) is 0. The molecule has 8 heavy (non-hydrogen) atoms. The van der Waals surface area contributed by atoms with E-state index in [2.05, 4.69) is 14.8 Å². The minimum atomic E-state index is 0.594. The Morgan fingerprint density at radius 3 is 3.00 bits per heavy atom. The molecular formula is C3H4ClN3S. The lowest BCUT2D eigenvalue weighted by atomic mass is 10.5. The maximum Gasteiger partial charge on any atom is 0.139 e. The van der Waals surface area contributed by atoms with Crippen molar-refractivity contribution in [3.05, 3.63) is 5.01 Å². The van der Waals surface area contributed by atoms with Crippen molar-refractivity contribution < 1.29 is 0 Å². The Morgan fingerprint density at radius 2 is 2.50 bits per heavy atom. The van der Waals surface area contributed by atoms with Gasteiger partial charge in [-0.1, -0.05) is 4.49 Å². The summed E-state index contributed by atoms with van der Waals surface area (Å²) in [6.45, 7) is 0. The van der Waals surface area contributed by atoms with Crippen LogP contribution in [0.25, 0.3) is 0 Å². The summed E-state index contributed by atoms with van der Waals surface area (Å²) < 4.78 is 3.56. The van der Waals surface area contributed by atoms with E-state index in [0.717, 1.165) is 11.4 Å². The molecule has 0 bridgehead atoms. The van der Waals surface area contributed by atoms with Crippen LogP contribution in [0.15, 0.2) is 0 Å². The Balaban J connectivity index is 2.50. The Kier molecular flexibility index (Phi) is 2.17. The molecule has 1 rings (SSSR count). The van der Waals surface area contributed by atoms with Gasteiger partial charge in [-0.15, -0.1) is 16.7 Å². The number of hydrogen-bond acceptors (Lipinski definition) is 4. The highest BCUT2D eigenvalue weighted by molar-refractivity contribution is 7.05. The van der Waals surface area contributed by atoms with Crippen molar-refractivity contribution in [2.45, 2.75) is 6.42 Å². The molecular weight excluding hydrogens is 146 g/mol. The van der Waals surface area contributed by atoms with E-state index in [4.69, 9.17) is 11.6 Å². The van der Waals surface area contributed by atoms with E-state index in [-0.39, 0.29) is 0 Å². The van der Waals surface area contributed by atoms with Gasteiger partial charge >= 0.3 is 0 Å². The highest BCUT2D eigenvalue weighted by Crippen LogP contribution is 1.98. The SMILES string of the molecule is ClCCc1nnns1. The molecule has 0 unspecified atom stereocenters. The Labute approximate surface area is 55.8 Å². The highest BCUT2D eigenvalue weighted by atomic mass is 35.5. The molecule has 0 radical (unpaired) electrons. The number of halogens is 1. The zero-order valence-electron chi connectivity index (χ0n) is 4.04. The molecule has 0 aliphatic carbocycles. The fourth-order valence-corrected chi connectivity index (χ4v) is 1.05. The number of rotatable bonds is 2. The second-order valence-electron chi connectivity index (χ2n) is 1.20. The van der Waals surface area contributed by atoms with Gasteiger partial charge < -0.3 is 0 Å². The van der Waals surface area contributed by atoms with E-state index < -0.39 is 0 Å². The van der Waals surface area contributed by atoms with Crippen LogP contribution in [0, 0.1) is 0 Å². The van der Waals surface area contributed by atoms with Crippen molar-refractivity contribution in [1.29, 1.82) is 0 Å². The van der Waals surface area contributed by atoms with Crippen LogP contribution in [-0.2, 0) is 6.42 Å². The predicted molar refractivity (Wildman–Crippen MR) is 32.1 cm³/mol. The van der Waals surface area contributed by atoms with Crippen molar-refractivity contribution >= 4 is 23.1 Å². The second-order valence-corrected chi connectivity index (χ2v) is 2.39. The Morgan fingerprint density at radius 1 is 1.62 bits per heavy atom. The van der Waals surface area contributed by atoms with Crippen LogP contribution in [0.1, 0.15) is 5.01 Å². The lowest BCUT2D eigenvalue weighted by Gasteiger charge is -1.79. The zero-order chi connectivity index (χ0) is 5.82. The summed E-state index contributed by atoms with van der Waals surface area (Å²) in [5.41, 5.74) is 0. The van der Waals surface area contributed by atoms with Crippen molar-refractivity contribution in [2.75, 3.05) is 5.88 Å². The molecule has 0 N–H and O–H groups in total. The molecule has 0 saturated heterocycles. The van der Waals surface area contributed by atoms with Gasteiger partial charge in [0.25, 0.3) is 0 Å². The van der Waals surface area contributed by atoms with Crippen LogP contribution in [0.5, 0.6) is 0 Å². The molecule has 0 atom stereocenters. The molecule has 3 nitrogen and oxygen atoms in total. The van der Waals surface area contributed by atoms with Crippen LogP contribution in [0.4, 0.5) is 0 Å². The summed E-state index contributed by atoms with van der Waals surface area (Å²) in [6, 6.07) is 0. The van der Waals surface area contributed by atoms with E-state index >= 15 is 0 Å². The van der Waals surface area contributed by atoms with Crippen molar-refractivity contribution in [3.8, 4) is 0 Å². The summed E-state index contributed by atoms with van der Waals surface area (Å²) in [6.07, 6.45) is 0.777. The molecule has 1 aromatic rings. The fourth-order valence-electron chi connectivity index (χ4n) is 0.328. The van der Waals surface area contributed by atoms with Gasteiger partial charge in [0.1, 0.15) is 5.01 Å². The maximum atomic E-state index is 5.40. The first-order valence-electron chi connectivity index (χ1n) is 2.13. The van der Waals surface area contributed by atoms with Gasteiger partial charge in [0, 0.05) is 23.8 Å². The molecule has 1 heterocycles. The van der Waals surface area contributed by atoms with Crippen LogP contribution in [0.2, 0.25) is 0 Å². The summed E-state index contributed by atoms with van der Waals surface area (Å²) in [5.74, 6) is 0.594. The van der Waals surface area contributed by atoms with Crippen LogP contribution in [0.3, 0.4) is 0 Å². The number of hydrogen-bond donors (Lipinski definition) is 0. The van der Waals surface area contributed by atoms with E-state index in [9.17, 15) is 0 Å². The lowest BCUT2D eigenvalue weighted by Crippen LogP contribution is -1.82. The summed E-state index contributed by atoms with van der Waals surface area (Å²) in [7, 11) is 0. The van der Waals surface area contributed by atoms with E-state index in [1.54, 1.807) is 0 Å². The molecule has 0 aliphatic rings. The fraction of sp³-hybridized carbons (Fsp3) is 0.667. The standard InChI is InChI=1S/C3H4ClN3S/c4-2-1-3-5-6-7-8-3/h1-2H2. The third-order valence-electron chi connectivity index (χ3n) is 0.647. The normalized spacial score (nSPS) is 9.62. The number of aryl methyl sites for hydroxylation is 1. The van der Waals surface area contributed by atoms with Gasteiger partial charge in [0.2, 0.25) is 0 Å². The number of aromatic nitrogens is 3. The first-order chi connectivity index (χ1) is 3.93. The molecule has 0 spiro atoms. The summed E-state index contributed by atoms with van der Waals surface area (Å²) >= 11 is 6.69. The minimum absolute atomic E-state index is 0.594. The highest BCUT2D eigenvalue weighted by Gasteiger charge is 1.93. The Bertz CT molecular complexity index is 140. The molecule has 0 amide bonds. The van der Waals surface area contributed by atoms with Crippen LogP contribution < -0.4 is 0 Å². The molecule has 0 aliphatic heterocycles. The topological polar surface area (TPSA) is 38.7 Å². The first kappa shape index (κ1) is 5.91. The van der Waals surface area contributed by atoms with Gasteiger partial charge in [0.15, 0.2) is 0 Å². The van der Waals surface area contributed by atoms with E-state index in [1.165, 1.54) is 11.5 Å². The number of alkyl halides is 1. The molecule has 1 aromatic heterocycles. The van der Waals surface area contributed by atoms with Crippen molar-refractivity contribution in [2.24, 2.45) is 0 Å². The Hall–Kier alpha value is -0.220. The first-order valence-corrected chi connectivity index (χ1v) is 3.44. The molecule has 44 valence electrons. The third kappa shape index (κ3) is 1.38. The van der Waals surface area contributed by atoms with Gasteiger partial charge in [-0.05, 0) is 5.21 Å². The summed E-state index contributed by atoms with van der Waals surface area (Å²) in [5, 5.41) is 7.98. The van der Waals surface area contributed by atoms with Gasteiger partial charge in [-0.2, -0.15) is 0 Å². The van der Waals surface area contributed by atoms with Gasteiger partial charge in [-0.25, -0.2) is 0 Å². The predicted octanol–water partition coefficient (Wildman–Crippen LogP) is 0.714. The smallest absolute Gasteiger partial charge is 0.126 e. The van der Waals surface area contributed by atoms with Crippen LogP contribution in [-0.4, -0.2) is 20.7 Å². The minimum Gasteiger partial charge on any atom is -0.126 e. The third-order valence-corrected chi connectivity index (χ3v) is 1.49. The molecule has 0 fully saturated rings. The largest absolute Gasteiger partial charge is 0.139 e. The van der Waals surface area contributed by atoms with Crippen molar-refractivity contribution in [1.82, 2.24) is 14.8 Å².